The second-order valence-electron chi connectivity index (χ2n) is 8.86. The van der Waals surface area contributed by atoms with Crippen LogP contribution in [0.15, 0.2) is 104 Å². The zero-order valence-corrected chi connectivity index (χ0v) is 29.7. The van der Waals surface area contributed by atoms with Gasteiger partial charge in [0.15, 0.2) is 11.6 Å². The molecule has 54 heavy (non-hydrogen) atoms. The number of halogens is 18. The molecule has 5 aromatic rings. The van der Waals surface area contributed by atoms with Crippen molar-refractivity contribution in [1.29, 1.82) is 0 Å². The molecule has 0 aliphatic rings. The van der Waals surface area contributed by atoms with Crippen molar-refractivity contribution in [2.24, 2.45) is 0 Å². The molecule has 2 radical (unpaired) electrons. The summed E-state index contributed by atoms with van der Waals surface area (Å²) in [6.45, 7) is 0. The zero-order chi connectivity index (χ0) is 41.7. The number of aromatic nitrogens is 7. The van der Waals surface area contributed by atoms with Crippen LogP contribution in [0.2, 0.25) is 0 Å². The van der Waals surface area contributed by atoms with Gasteiger partial charge in [-0.15, -0.1) is 4.91 Å². The molecule has 0 amide bonds. The van der Waals surface area contributed by atoms with Crippen molar-refractivity contribution in [3.05, 3.63) is 109 Å². The average molecular weight is 957 g/mol. The predicted molar refractivity (Wildman–Crippen MR) is 160 cm³/mol. The van der Waals surface area contributed by atoms with Crippen LogP contribution in [0.1, 0.15) is 0 Å². The molecule has 5 rings (SSSR count). The largest absolute Gasteiger partial charge is 3.00 e. The minimum absolute atomic E-state index is 0. The second-order valence-corrected chi connectivity index (χ2v) is 14.6. The molecule has 0 saturated carbocycles. The fraction of sp³-hybridized carbons (Fsp3) is 0. The Hall–Kier alpha value is -4.14. The Labute approximate surface area is 302 Å². The summed E-state index contributed by atoms with van der Waals surface area (Å²) in [5.74, 6) is 1.11. The quantitative estimate of drug-likeness (QED) is 0.0993. The Morgan fingerprint density at radius 1 is 0.333 bits per heavy atom. The van der Waals surface area contributed by atoms with Gasteiger partial charge < -0.3 is 0 Å². The van der Waals surface area contributed by atoms with Crippen LogP contribution in [0.5, 0.6) is 0 Å². The van der Waals surface area contributed by atoms with Crippen molar-refractivity contribution in [3.8, 4) is 34.4 Å². The molecule has 0 aromatic carbocycles. The third-order valence-corrected chi connectivity index (χ3v) is 3.94. The second kappa shape index (κ2) is 16.3. The molecule has 0 N–H and O–H groups in total. The van der Waals surface area contributed by atoms with E-state index < -0.39 is 23.4 Å². The average Bonchev–Trinajstić information content (AvgIpc) is 3.00. The Morgan fingerprint density at radius 2 is 0.556 bits per heavy atom. The van der Waals surface area contributed by atoms with Crippen LogP contribution < -0.4 is 5.59 Å². The SMILES string of the molecule is F[P-](F)(F)(F)(F)F.F[P-](F)(F)(F)(F)F.F[P-](F)(F)(F)(F)F.[N]=O.[Ru+3].c1ccc(-c2cccc(-c3ccccn3)n2)nc1.c1cnc(-c2ncccn2)nc1. The van der Waals surface area contributed by atoms with Crippen molar-refractivity contribution < 1.29 is 95.0 Å². The van der Waals surface area contributed by atoms with Crippen molar-refractivity contribution in [3.63, 3.8) is 0 Å². The fourth-order valence-corrected chi connectivity index (χ4v) is 2.58. The summed E-state index contributed by atoms with van der Waals surface area (Å²) in [5.41, 5.74) is 9.21. The standard InChI is InChI=1S/C15H11N3.C8H6N4.3F6P.NO.Ru/c1-3-10-16-12(6-1)14-8-5-9-15(18-14)13-7-2-4-11-17-13;1-3-9-7(10-4-1)8-11-5-2-6-12-8;3*1-7(2,3,4,5)6;1-2;/h1-11H;1-6H;;;;;/q;;3*-1;;+3. The van der Waals surface area contributed by atoms with E-state index >= 15 is 0 Å². The van der Waals surface area contributed by atoms with Crippen molar-refractivity contribution >= 4 is 23.4 Å². The Balaban J connectivity index is 0. The molecule has 9 nitrogen and oxygen atoms in total. The summed E-state index contributed by atoms with van der Waals surface area (Å²) in [5, 5.41) is 0. The minimum Gasteiger partial charge on any atom is -0.255 e. The van der Waals surface area contributed by atoms with Gasteiger partial charge in [0.2, 0.25) is 0 Å². The Morgan fingerprint density at radius 3 is 0.778 bits per heavy atom. The van der Waals surface area contributed by atoms with Crippen LogP contribution in [0, 0.1) is 4.91 Å². The predicted octanol–water partition coefficient (Wildman–Crippen LogP) is 13.8. The van der Waals surface area contributed by atoms with Crippen LogP contribution in [0.4, 0.5) is 75.5 Å². The van der Waals surface area contributed by atoms with E-state index in [-0.39, 0.29) is 19.5 Å². The molecular formula is C23H17F18N8OP3Ru. The van der Waals surface area contributed by atoms with Crippen LogP contribution in [0.3, 0.4) is 0 Å². The number of hydrogen-bond donors (Lipinski definition) is 0. The summed E-state index contributed by atoms with van der Waals surface area (Å²) in [7, 11) is -32.0. The van der Waals surface area contributed by atoms with Crippen LogP contribution >= 0.6 is 23.4 Å². The monoisotopic (exact) mass is 958 g/mol. The third kappa shape index (κ3) is 42.3. The summed E-state index contributed by atoms with van der Waals surface area (Å²) in [6.07, 6.45) is 10.2. The first-order chi connectivity index (χ1) is 23.2. The molecule has 0 atom stereocenters. The first-order valence-electron chi connectivity index (χ1n) is 12.5. The third-order valence-electron chi connectivity index (χ3n) is 3.94. The maximum atomic E-state index is 9.87. The maximum Gasteiger partial charge on any atom is 3.00 e. The van der Waals surface area contributed by atoms with Crippen molar-refractivity contribution in [2.75, 3.05) is 0 Å². The first kappa shape index (κ1) is 52.0. The topological polar surface area (TPSA) is 130 Å². The van der Waals surface area contributed by atoms with E-state index in [0.29, 0.717) is 11.6 Å². The van der Waals surface area contributed by atoms with Gasteiger partial charge in [-0.25, -0.2) is 24.9 Å². The van der Waals surface area contributed by atoms with Crippen molar-refractivity contribution in [2.45, 2.75) is 0 Å². The number of rotatable bonds is 3. The van der Waals surface area contributed by atoms with Gasteiger partial charge in [0.25, 0.3) is 0 Å². The van der Waals surface area contributed by atoms with Gasteiger partial charge >= 0.3 is 118 Å². The van der Waals surface area contributed by atoms with E-state index in [1.807, 2.05) is 54.6 Å². The number of nitroso groups, excluding NO2 is 1. The van der Waals surface area contributed by atoms with Gasteiger partial charge in [0, 0.05) is 37.2 Å². The number of pyridine rings is 3. The van der Waals surface area contributed by atoms with Gasteiger partial charge in [-0.2, -0.15) is 0 Å². The molecule has 0 aliphatic carbocycles. The van der Waals surface area contributed by atoms with Gasteiger partial charge in [-0.05, 0) is 48.5 Å². The van der Waals surface area contributed by atoms with E-state index in [9.17, 15) is 75.5 Å². The smallest absolute Gasteiger partial charge is 0.255 e. The molecule has 0 spiro atoms. The van der Waals surface area contributed by atoms with E-state index in [1.54, 1.807) is 49.3 Å². The van der Waals surface area contributed by atoms with Gasteiger partial charge in [0.05, 0.1) is 22.8 Å². The molecule has 5 aromatic heterocycles. The zero-order valence-electron chi connectivity index (χ0n) is 25.3. The van der Waals surface area contributed by atoms with Crippen LogP contribution in [-0.2, 0) is 19.5 Å². The number of hydrogen-bond acceptors (Lipinski definition) is 8. The normalized spacial score (nSPS) is 14.6. The molecule has 0 saturated heterocycles. The van der Waals surface area contributed by atoms with E-state index in [1.165, 1.54) is 0 Å². The van der Waals surface area contributed by atoms with E-state index in [2.05, 4.69) is 34.9 Å². The van der Waals surface area contributed by atoms with Gasteiger partial charge in [-0.1, -0.05) is 18.2 Å². The molecule has 304 valence electrons. The molecule has 5 heterocycles. The maximum absolute atomic E-state index is 10.7. The Bertz CT molecular complexity index is 1680. The van der Waals surface area contributed by atoms with E-state index in [0.717, 1.165) is 22.8 Å². The molecule has 31 heteroatoms. The first-order valence-corrected chi connectivity index (χ1v) is 18.6. The fourth-order valence-electron chi connectivity index (χ4n) is 2.58. The molecular weight excluding hydrogens is 940 g/mol. The van der Waals surface area contributed by atoms with Gasteiger partial charge in [0.1, 0.15) is 5.59 Å². The Kier molecular flexibility index (Phi) is 15.7. The van der Waals surface area contributed by atoms with Crippen LogP contribution in [0.25, 0.3) is 34.4 Å². The van der Waals surface area contributed by atoms with Crippen molar-refractivity contribution in [1.82, 2.24) is 40.5 Å². The van der Waals surface area contributed by atoms with Gasteiger partial charge in [-0.3, -0.25) is 9.97 Å². The summed E-state index contributed by atoms with van der Waals surface area (Å²) < 4.78 is 178. The molecule has 0 aliphatic heterocycles. The molecule has 0 fully saturated rings. The minimum atomic E-state index is -10.7. The summed E-state index contributed by atoms with van der Waals surface area (Å²) in [6, 6.07) is 21.0. The summed E-state index contributed by atoms with van der Waals surface area (Å²) in [4.78, 5) is 36.5. The molecule has 0 bridgehead atoms. The molecule has 0 unspecified atom stereocenters. The van der Waals surface area contributed by atoms with E-state index in [4.69, 9.17) is 10.5 Å². The number of nitrogens with zero attached hydrogens (tertiary/aromatic N) is 8. The van der Waals surface area contributed by atoms with Crippen LogP contribution in [-0.4, -0.2) is 34.9 Å². The summed E-state index contributed by atoms with van der Waals surface area (Å²) >= 11 is 0.